The summed E-state index contributed by atoms with van der Waals surface area (Å²) in [6.45, 7) is 0. The highest BCUT2D eigenvalue weighted by atomic mass is 35.5. The van der Waals surface area contributed by atoms with Gasteiger partial charge in [-0.3, -0.25) is 0 Å². The molecule has 0 atom stereocenters. The number of aromatic nitrogens is 4. The van der Waals surface area contributed by atoms with Gasteiger partial charge in [-0.2, -0.15) is 0 Å². The normalized spacial score (nSPS) is 9.67. The number of rotatable bonds is 0. The maximum absolute atomic E-state index is 5.68. The van der Waals surface area contributed by atoms with E-state index in [1.807, 2.05) is 12.1 Å². The van der Waals surface area contributed by atoms with Crippen molar-refractivity contribution in [1.82, 2.24) is 19.9 Å². The fourth-order valence-electron chi connectivity index (χ4n) is 0.962. The van der Waals surface area contributed by atoms with Gasteiger partial charge in [0.1, 0.15) is 11.8 Å². The third-order valence-electron chi connectivity index (χ3n) is 1.60. The Labute approximate surface area is 90.1 Å². The highest BCUT2D eigenvalue weighted by Crippen LogP contribution is 2.13. The summed E-state index contributed by atoms with van der Waals surface area (Å²) in [5.41, 5.74) is 1.28. The Morgan fingerprint density at radius 1 is 1.13 bits per heavy atom. The Morgan fingerprint density at radius 2 is 1.93 bits per heavy atom. The van der Waals surface area contributed by atoms with Crippen molar-refractivity contribution in [3.05, 3.63) is 42.5 Å². The molecule has 0 radical (unpaired) electrons. The van der Waals surface area contributed by atoms with Crippen molar-refractivity contribution >= 4 is 22.8 Å². The van der Waals surface area contributed by atoms with Gasteiger partial charge in [0.15, 0.2) is 10.8 Å². The van der Waals surface area contributed by atoms with Gasteiger partial charge >= 0.3 is 0 Å². The van der Waals surface area contributed by atoms with Crippen LogP contribution in [0.5, 0.6) is 0 Å². The van der Waals surface area contributed by atoms with Gasteiger partial charge in [0.05, 0.1) is 18.9 Å². The number of aromatic amines is 1. The summed E-state index contributed by atoms with van der Waals surface area (Å²) in [5, 5.41) is 0.405. The average Bonchev–Trinajstić information content (AvgIpc) is 2.93. The van der Waals surface area contributed by atoms with Crippen LogP contribution in [0.25, 0.3) is 11.2 Å². The van der Waals surface area contributed by atoms with E-state index in [4.69, 9.17) is 11.6 Å². The number of halogens is 1. The van der Waals surface area contributed by atoms with Crippen LogP contribution in [0.1, 0.15) is 0 Å². The molecule has 76 valence electrons. The van der Waals surface area contributed by atoms with Crippen molar-refractivity contribution < 1.29 is 4.42 Å². The van der Waals surface area contributed by atoms with Crippen molar-refractivity contribution in [2.75, 3.05) is 0 Å². The van der Waals surface area contributed by atoms with Crippen LogP contribution in [-0.2, 0) is 0 Å². The first-order chi connectivity index (χ1) is 7.38. The minimum atomic E-state index is 0.405. The SMILES string of the molecule is Clc1ncnc2nc[nH]c12.c1ccoc1. The van der Waals surface area contributed by atoms with Crippen molar-refractivity contribution in [2.45, 2.75) is 0 Å². The maximum Gasteiger partial charge on any atom is 0.182 e. The monoisotopic (exact) mass is 222 g/mol. The molecular weight excluding hydrogens is 216 g/mol. The van der Waals surface area contributed by atoms with Crippen LogP contribution in [0, 0.1) is 0 Å². The van der Waals surface area contributed by atoms with E-state index < -0.39 is 0 Å². The molecule has 6 heteroatoms. The number of nitrogens with zero attached hydrogens (tertiary/aromatic N) is 3. The lowest BCUT2D eigenvalue weighted by molar-refractivity contribution is 0.567. The molecule has 0 saturated carbocycles. The van der Waals surface area contributed by atoms with Gasteiger partial charge in [-0.1, -0.05) is 11.6 Å². The zero-order valence-corrected chi connectivity index (χ0v) is 8.35. The topological polar surface area (TPSA) is 67.6 Å². The van der Waals surface area contributed by atoms with Crippen LogP contribution in [0.3, 0.4) is 0 Å². The second kappa shape index (κ2) is 4.56. The second-order valence-corrected chi connectivity index (χ2v) is 2.92. The fourth-order valence-corrected chi connectivity index (χ4v) is 1.15. The van der Waals surface area contributed by atoms with Crippen LogP contribution in [0.15, 0.2) is 41.7 Å². The smallest absolute Gasteiger partial charge is 0.182 e. The number of hydrogen-bond acceptors (Lipinski definition) is 4. The molecule has 0 aliphatic carbocycles. The summed E-state index contributed by atoms with van der Waals surface area (Å²) in [6.07, 6.45) is 6.16. The average molecular weight is 223 g/mol. The predicted molar refractivity (Wildman–Crippen MR) is 55.4 cm³/mol. The van der Waals surface area contributed by atoms with Gasteiger partial charge in [-0.25, -0.2) is 15.0 Å². The summed E-state index contributed by atoms with van der Waals surface area (Å²) in [4.78, 5) is 14.3. The first kappa shape index (κ1) is 9.67. The van der Waals surface area contributed by atoms with E-state index in [1.54, 1.807) is 12.5 Å². The summed E-state index contributed by atoms with van der Waals surface area (Å²) in [6, 6.07) is 3.67. The summed E-state index contributed by atoms with van der Waals surface area (Å²) >= 11 is 5.68. The molecule has 1 N–H and O–H groups in total. The Morgan fingerprint density at radius 3 is 2.53 bits per heavy atom. The minimum Gasteiger partial charge on any atom is -0.473 e. The lowest BCUT2D eigenvalue weighted by atomic mass is 10.6. The maximum atomic E-state index is 5.68. The standard InChI is InChI=1S/C5H3ClN4.C4H4O/c6-4-3-5(9-1-7-3)10-2-8-4;1-2-4-5-3-1/h1-2H,(H,7,8,9,10);1-4H. The minimum absolute atomic E-state index is 0.405. The molecule has 3 aromatic rings. The Kier molecular flexibility index (Phi) is 2.94. The lowest BCUT2D eigenvalue weighted by Gasteiger charge is -1.86. The lowest BCUT2D eigenvalue weighted by Crippen LogP contribution is -1.80. The van der Waals surface area contributed by atoms with E-state index in [-0.39, 0.29) is 0 Å². The molecule has 0 fully saturated rings. The molecule has 3 aromatic heterocycles. The van der Waals surface area contributed by atoms with Gasteiger partial charge in [-0.15, -0.1) is 0 Å². The quantitative estimate of drug-likeness (QED) is 0.593. The zero-order chi connectivity index (χ0) is 10.5. The van der Waals surface area contributed by atoms with Crippen LogP contribution in [0.2, 0.25) is 5.15 Å². The molecule has 3 rings (SSSR count). The molecule has 0 aromatic carbocycles. The third kappa shape index (κ3) is 2.32. The molecule has 0 amide bonds. The largest absolute Gasteiger partial charge is 0.473 e. The molecule has 5 nitrogen and oxygen atoms in total. The molecule has 0 aliphatic rings. The summed E-state index contributed by atoms with van der Waals surface area (Å²) in [7, 11) is 0. The fraction of sp³-hybridized carbons (Fsp3) is 0. The molecule has 0 saturated heterocycles. The van der Waals surface area contributed by atoms with Crippen LogP contribution >= 0.6 is 11.6 Å². The Hall–Kier alpha value is -1.88. The first-order valence-electron chi connectivity index (χ1n) is 4.14. The molecule has 0 spiro atoms. The van der Waals surface area contributed by atoms with Crippen molar-refractivity contribution in [2.24, 2.45) is 0 Å². The molecular formula is C9H7ClN4O. The van der Waals surface area contributed by atoms with E-state index in [9.17, 15) is 0 Å². The molecule has 0 bridgehead atoms. The summed E-state index contributed by atoms with van der Waals surface area (Å²) < 4.78 is 4.58. The number of H-pyrrole nitrogens is 1. The number of nitrogens with one attached hydrogen (secondary N) is 1. The Balaban J connectivity index is 0.000000144. The van der Waals surface area contributed by atoms with E-state index >= 15 is 0 Å². The van der Waals surface area contributed by atoms with Crippen LogP contribution in [-0.4, -0.2) is 19.9 Å². The van der Waals surface area contributed by atoms with Crippen LogP contribution < -0.4 is 0 Å². The second-order valence-electron chi connectivity index (χ2n) is 2.56. The molecule has 0 aliphatic heterocycles. The van der Waals surface area contributed by atoms with Gasteiger partial charge in [0.25, 0.3) is 0 Å². The van der Waals surface area contributed by atoms with E-state index in [2.05, 4.69) is 24.4 Å². The Bertz CT molecular complexity index is 502. The van der Waals surface area contributed by atoms with E-state index in [0.29, 0.717) is 16.3 Å². The highest BCUT2D eigenvalue weighted by Gasteiger charge is 2.00. The van der Waals surface area contributed by atoms with Gasteiger partial charge < -0.3 is 9.40 Å². The van der Waals surface area contributed by atoms with E-state index in [0.717, 1.165) is 0 Å². The number of imidazole rings is 1. The molecule has 0 unspecified atom stereocenters. The van der Waals surface area contributed by atoms with Crippen molar-refractivity contribution in [3.8, 4) is 0 Å². The summed E-state index contributed by atoms with van der Waals surface area (Å²) in [5.74, 6) is 0. The number of fused-ring (bicyclic) bond motifs is 1. The van der Waals surface area contributed by atoms with Crippen LogP contribution in [0.4, 0.5) is 0 Å². The molecule has 3 heterocycles. The first-order valence-corrected chi connectivity index (χ1v) is 4.52. The van der Waals surface area contributed by atoms with E-state index in [1.165, 1.54) is 12.7 Å². The van der Waals surface area contributed by atoms with Gasteiger partial charge in [0, 0.05) is 0 Å². The highest BCUT2D eigenvalue weighted by molar-refractivity contribution is 6.33. The number of hydrogen-bond donors (Lipinski definition) is 1. The molecule has 15 heavy (non-hydrogen) atoms. The van der Waals surface area contributed by atoms with Crippen molar-refractivity contribution in [3.63, 3.8) is 0 Å². The van der Waals surface area contributed by atoms with Gasteiger partial charge in [0.2, 0.25) is 0 Å². The predicted octanol–water partition coefficient (Wildman–Crippen LogP) is 2.29. The number of furan rings is 1. The zero-order valence-electron chi connectivity index (χ0n) is 7.59. The third-order valence-corrected chi connectivity index (χ3v) is 1.89. The van der Waals surface area contributed by atoms with Gasteiger partial charge in [-0.05, 0) is 12.1 Å². The van der Waals surface area contributed by atoms with Crippen molar-refractivity contribution in [1.29, 1.82) is 0 Å².